The summed E-state index contributed by atoms with van der Waals surface area (Å²) in [5.74, 6) is 0. The number of benzene rings is 1. The van der Waals surface area contributed by atoms with Crippen LogP contribution >= 0.6 is 11.6 Å². The zero-order valence-electron chi connectivity index (χ0n) is 13.7. The number of hydrogen-bond donors (Lipinski definition) is 1. The fourth-order valence-electron chi connectivity index (χ4n) is 3.17. The summed E-state index contributed by atoms with van der Waals surface area (Å²) in [6, 6.07) is 8.47. The summed E-state index contributed by atoms with van der Waals surface area (Å²) in [6.45, 7) is 12.4. The number of likely N-dealkylation sites (N-methyl/N-ethyl adjacent to an activating group) is 1. The van der Waals surface area contributed by atoms with E-state index in [1.54, 1.807) is 0 Å². The Morgan fingerprint density at radius 2 is 1.90 bits per heavy atom. The van der Waals surface area contributed by atoms with Crippen LogP contribution in [0.2, 0.25) is 5.02 Å². The summed E-state index contributed by atoms with van der Waals surface area (Å²) < 4.78 is 0. The molecule has 0 saturated carbocycles. The lowest BCUT2D eigenvalue weighted by Crippen LogP contribution is -2.57. The Kier molecular flexibility index (Phi) is 5.67. The Hall–Kier alpha value is -0.610. The standard InChI is InChI=1S/C17H28ClN3/c1-14(15-7-5-6-8-16(15)18)20(4)13-17(2,3)21-11-9-19-10-12-21/h5-8,14,19H,9-13H2,1-4H3. The lowest BCUT2D eigenvalue weighted by molar-refractivity contribution is 0.0602. The van der Waals surface area contributed by atoms with Gasteiger partial charge in [0, 0.05) is 49.3 Å². The molecule has 0 spiro atoms. The fourth-order valence-corrected chi connectivity index (χ4v) is 3.46. The normalized spacial score (nSPS) is 19.0. The highest BCUT2D eigenvalue weighted by Gasteiger charge is 2.30. The van der Waals surface area contributed by atoms with Crippen molar-refractivity contribution in [2.45, 2.75) is 32.4 Å². The molecule has 1 saturated heterocycles. The molecule has 1 N–H and O–H groups in total. The average molecular weight is 310 g/mol. The van der Waals surface area contributed by atoms with Crippen LogP contribution in [0.3, 0.4) is 0 Å². The smallest absolute Gasteiger partial charge is 0.0453 e. The van der Waals surface area contributed by atoms with Gasteiger partial charge < -0.3 is 5.32 Å². The molecule has 4 heteroatoms. The third kappa shape index (κ3) is 4.19. The minimum absolute atomic E-state index is 0.173. The molecule has 1 aromatic carbocycles. The van der Waals surface area contributed by atoms with Gasteiger partial charge in [0.15, 0.2) is 0 Å². The topological polar surface area (TPSA) is 18.5 Å². The second kappa shape index (κ2) is 7.10. The van der Waals surface area contributed by atoms with E-state index in [9.17, 15) is 0 Å². The Bertz CT molecular complexity index is 455. The maximum Gasteiger partial charge on any atom is 0.0453 e. The maximum absolute atomic E-state index is 6.34. The molecule has 2 rings (SSSR count). The molecule has 0 aromatic heterocycles. The SMILES string of the molecule is CC(c1ccccc1Cl)N(C)CC(C)(C)N1CCNCC1. The first-order valence-electron chi connectivity index (χ1n) is 7.82. The number of hydrogen-bond acceptors (Lipinski definition) is 3. The Morgan fingerprint density at radius 1 is 1.29 bits per heavy atom. The lowest BCUT2D eigenvalue weighted by atomic mass is 9.98. The third-order valence-electron chi connectivity index (χ3n) is 4.63. The monoisotopic (exact) mass is 309 g/mol. The van der Waals surface area contributed by atoms with E-state index in [1.807, 2.05) is 12.1 Å². The molecule has 0 aliphatic carbocycles. The summed E-state index contributed by atoms with van der Waals surface area (Å²) in [5.41, 5.74) is 1.38. The number of nitrogens with zero attached hydrogens (tertiary/aromatic N) is 2. The Labute approximate surface area is 134 Å². The Balaban J connectivity index is 2.02. The molecule has 0 radical (unpaired) electrons. The average Bonchev–Trinajstić information content (AvgIpc) is 2.47. The van der Waals surface area contributed by atoms with Gasteiger partial charge in [-0.2, -0.15) is 0 Å². The van der Waals surface area contributed by atoms with Gasteiger partial charge in [-0.25, -0.2) is 0 Å². The molecule has 1 atom stereocenters. The summed E-state index contributed by atoms with van der Waals surface area (Å²) in [6.07, 6.45) is 0. The van der Waals surface area contributed by atoms with E-state index < -0.39 is 0 Å². The number of rotatable bonds is 5. The van der Waals surface area contributed by atoms with Gasteiger partial charge in [0.25, 0.3) is 0 Å². The van der Waals surface area contributed by atoms with Gasteiger partial charge in [0.05, 0.1) is 0 Å². The zero-order valence-corrected chi connectivity index (χ0v) is 14.5. The summed E-state index contributed by atoms with van der Waals surface area (Å²) in [7, 11) is 2.19. The molecule has 0 amide bonds. The van der Waals surface area contributed by atoms with Crippen molar-refractivity contribution in [1.82, 2.24) is 15.1 Å². The quantitative estimate of drug-likeness (QED) is 0.902. The van der Waals surface area contributed by atoms with Crippen molar-refractivity contribution in [3.8, 4) is 0 Å². The number of piperazine rings is 1. The molecule has 0 bridgehead atoms. The molecular weight excluding hydrogens is 282 g/mol. The van der Waals surface area contributed by atoms with E-state index in [-0.39, 0.29) is 5.54 Å². The van der Waals surface area contributed by atoms with Gasteiger partial charge >= 0.3 is 0 Å². The van der Waals surface area contributed by atoms with Crippen molar-refractivity contribution in [1.29, 1.82) is 0 Å². The largest absolute Gasteiger partial charge is 0.314 e. The Morgan fingerprint density at radius 3 is 2.52 bits per heavy atom. The van der Waals surface area contributed by atoms with E-state index in [2.05, 4.69) is 55.1 Å². The summed E-state index contributed by atoms with van der Waals surface area (Å²) >= 11 is 6.34. The van der Waals surface area contributed by atoms with Gasteiger partial charge in [-0.1, -0.05) is 29.8 Å². The minimum Gasteiger partial charge on any atom is -0.314 e. The summed E-state index contributed by atoms with van der Waals surface area (Å²) in [5, 5.41) is 4.28. The first kappa shape index (κ1) is 16.8. The van der Waals surface area contributed by atoms with Gasteiger partial charge in [-0.15, -0.1) is 0 Å². The van der Waals surface area contributed by atoms with Crippen molar-refractivity contribution in [3.63, 3.8) is 0 Å². The van der Waals surface area contributed by atoms with E-state index in [4.69, 9.17) is 11.6 Å². The molecule has 21 heavy (non-hydrogen) atoms. The molecule has 1 aliphatic heterocycles. The van der Waals surface area contributed by atoms with E-state index in [1.165, 1.54) is 5.56 Å². The van der Waals surface area contributed by atoms with Gasteiger partial charge in [-0.05, 0) is 39.4 Å². The lowest BCUT2D eigenvalue weighted by Gasteiger charge is -2.44. The first-order chi connectivity index (χ1) is 9.92. The van der Waals surface area contributed by atoms with Crippen molar-refractivity contribution >= 4 is 11.6 Å². The second-order valence-corrected chi connectivity index (χ2v) is 7.07. The van der Waals surface area contributed by atoms with E-state index in [0.29, 0.717) is 6.04 Å². The van der Waals surface area contributed by atoms with Gasteiger partial charge in [-0.3, -0.25) is 9.80 Å². The predicted octanol–water partition coefficient (Wildman–Crippen LogP) is 3.02. The van der Waals surface area contributed by atoms with E-state index >= 15 is 0 Å². The highest BCUT2D eigenvalue weighted by atomic mass is 35.5. The molecular formula is C17H28ClN3. The van der Waals surface area contributed by atoms with Crippen LogP contribution in [0, 0.1) is 0 Å². The minimum atomic E-state index is 0.173. The zero-order chi connectivity index (χ0) is 15.5. The van der Waals surface area contributed by atoms with Gasteiger partial charge in [0.2, 0.25) is 0 Å². The predicted molar refractivity (Wildman–Crippen MR) is 91.0 cm³/mol. The highest BCUT2D eigenvalue weighted by molar-refractivity contribution is 6.31. The van der Waals surface area contributed by atoms with Crippen LogP contribution in [-0.4, -0.2) is 55.1 Å². The summed E-state index contributed by atoms with van der Waals surface area (Å²) in [4.78, 5) is 4.99. The molecule has 1 unspecified atom stereocenters. The molecule has 118 valence electrons. The van der Waals surface area contributed by atoms with Crippen LogP contribution in [0.15, 0.2) is 24.3 Å². The van der Waals surface area contributed by atoms with E-state index in [0.717, 1.165) is 37.7 Å². The van der Waals surface area contributed by atoms with Crippen LogP contribution in [0.25, 0.3) is 0 Å². The number of nitrogens with one attached hydrogen (secondary N) is 1. The fraction of sp³-hybridized carbons (Fsp3) is 0.647. The van der Waals surface area contributed by atoms with Crippen molar-refractivity contribution in [3.05, 3.63) is 34.9 Å². The second-order valence-electron chi connectivity index (χ2n) is 6.66. The van der Waals surface area contributed by atoms with Gasteiger partial charge in [0.1, 0.15) is 0 Å². The first-order valence-corrected chi connectivity index (χ1v) is 8.20. The highest BCUT2D eigenvalue weighted by Crippen LogP contribution is 2.28. The van der Waals surface area contributed by atoms with Crippen LogP contribution in [0.1, 0.15) is 32.4 Å². The van der Waals surface area contributed by atoms with Crippen molar-refractivity contribution in [2.75, 3.05) is 39.8 Å². The van der Waals surface area contributed by atoms with Crippen molar-refractivity contribution in [2.24, 2.45) is 0 Å². The molecule has 1 fully saturated rings. The van der Waals surface area contributed by atoms with Crippen LogP contribution < -0.4 is 5.32 Å². The van der Waals surface area contributed by atoms with Crippen LogP contribution in [0.5, 0.6) is 0 Å². The maximum atomic E-state index is 6.34. The molecule has 3 nitrogen and oxygen atoms in total. The van der Waals surface area contributed by atoms with Crippen LogP contribution in [-0.2, 0) is 0 Å². The van der Waals surface area contributed by atoms with Crippen LogP contribution in [0.4, 0.5) is 0 Å². The molecule has 1 aliphatic rings. The number of halogens is 1. The molecule has 1 aromatic rings. The molecule has 1 heterocycles. The van der Waals surface area contributed by atoms with Crippen molar-refractivity contribution < 1.29 is 0 Å². The third-order valence-corrected chi connectivity index (χ3v) is 4.97.